The van der Waals surface area contributed by atoms with E-state index in [-0.39, 0.29) is 11.5 Å². The van der Waals surface area contributed by atoms with Crippen LogP contribution in [0.5, 0.6) is 5.75 Å². The number of pyridine rings is 2. The van der Waals surface area contributed by atoms with E-state index in [9.17, 15) is 4.79 Å². The number of hydrogen-bond acceptors (Lipinski definition) is 7. The molecule has 1 fully saturated rings. The fraction of sp³-hybridized carbons (Fsp3) is 0.656. The molecule has 1 atom stereocenters. The molecule has 1 aliphatic heterocycles. The molecular formula is C32H49N3O4. The van der Waals surface area contributed by atoms with Crippen molar-refractivity contribution in [3.63, 3.8) is 0 Å². The number of aryl methyl sites for hydroxylation is 1. The minimum atomic E-state index is -0.913. The van der Waals surface area contributed by atoms with Crippen molar-refractivity contribution in [2.45, 2.75) is 106 Å². The highest BCUT2D eigenvalue weighted by atomic mass is 16.6. The van der Waals surface area contributed by atoms with Gasteiger partial charge in [-0.15, -0.1) is 0 Å². The molecule has 1 aliphatic rings. The molecule has 7 nitrogen and oxygen atoms in total. The van der Waals surface area contributed by atoms with Crippen molar-refractivity contribution >= 4 is 11.7 Å². The van der Waals surface area contributed by atoms with Crippen molar-refractivity contribution in [1.29, 1.82) is 0 Å². The van der Waals surface area contributed by atoms with E-state index in [2.05, 4.69) is 32.6 Å². The molecule has 0 aromatic carbocycles. The van der Waals surface area contributed by atoms with Crippen LogP contribution < -0.4 is 9.64 Å². The molecule has 3 heterocycles. The Labute approximate surface area is 235 Å². The molecule has 0 aliphatic carbocycles. The molecule has 0 radical (unpaired) electrons. The zero-order valence-corrected chi connectivity index (χ0v) is 25.8. The number of aromatic nitrogens is 2. The molecule has 0 bridgehead atoms. The summed E-state index contributed by atoms with van der Waals surface area (Å²) in [6.45, 7) is 22.9. The Morgan fingerprint density at radius 3 is 2.26 bits per heavy atom. The van der Waals surface area contributed by atoms with Crippen LogP contribution in [0, 0.1) is 18.3 Å². The van der Waals surface area contributed by atoms with E-state index in [1.54, 1.807) is 6.20 Å². The topological polar surface area (TPSA) is 73.8 Å². The Hall–Kier alpha value is -2.67. The molecule has 3 rings (SSSR count). The number of rotatable bonds is 10. The van der Waals surface area contributed by atoms with Crippen molar-refractivity contribution in [1.82, 2.24) is 9.97 Å². The predicted octanol–water partition coefficient (Wildman–Crippen LogP) is 7.31. The normalized spacial score (nSPS) is 16.5. The van der Waals surface area contributed by atoms with E-state index < -0.39 is 17.7 Å². The third-order valence-corrected chi connectivity index (χ3v) is 7.00. The smallest absolute Gasteiger partial charge is 0.340 e. The standard InChI is InChI=1S/C32H49N3O4/c1-21(2)13-18-37-24-11-12-26(34-19-24)25-20-33-23(5)27(28(25)35-16-14-32(9,10)15-17-35)29(39-31(6,7)8)30(36)38-22(3)4/h11-12,19-22,29H,13-18H2,1-10H3. The lowest BCUT2D eigenvalue weighted by Crippen LogP contribution is -2.39. The molecule has 0 N–H and O–H groups in total. The maximum atomic E-state index is 13.5. The predicted molar refractivity (Wildman–Crippen MR) is 157 cm³/mol. The van der Waals surface area contributed by atoms with Crippen molar-refractivity contribution in [3.8, 4) is 17.0 Å². The van der Waals surface area contributed by atoms with Gasteiger partial charge in [-0.25, -0.2) is 4.79 Å². The zero-order chi connectivity index (χ0) is 29.0. The lowest BCUT2D eigenvalue weighted by molar-refractivity contribution is -0.171. The van der Waals surface area contributed by atoms with Crippen LogP contribution >= 0.6 is 0 Å². The van der Waals surface area contributed by atoms with E-state index in [1.165, 1.54) is 0 Å². The number of anilines is 1. The van der Waals surface area contributed by atoms with Crippen molar-refractivity contribution in [2.24, 2.45) is 11.3 Å². The van der Waals surface area contributed by atoms with Crippen LogP contribution in [-0.4, -0.2) is 47.3 Å². The summed E-state index contributed by atoms with van der Waals surface area (Å²) in [5.41, 5.74) is 3.82. The second-order valence-corrected chi connectivity index (χ2v) is 13.2. The minimum absolute atomic E-state index is 0.260. The fourth-order valence-electron chi connectivity index (χ4n) is 4.70. The third-order valence-electron chi connectivity index (χ3n) is 7.00. The summed E-state index contributed by atoms with van der Waals surface area (Å²) in [6, 6.07) is 3.94. The molecule has 1 unspecified atom stereocenters. The van der Waals surface area contributed by atoms with Gasteiger partial charge in [-0.3, -0.25) is 9.97 Å². The van der Waals surface area contributed by atoms with Gasteiger partial charge in [0.1, 0.15) is 5.75 Å². The highest BCUT2D eigenvalue weighted by Gasteiger charge is 2.37. The van der Waals surface area contributed by atoms with Crippen LogP contribution in [0.25, 0.3) is 11.3 Å². The molecular weight excluding hydrogens is 490 g/mol. The highest BCUT2D eigenvalue weighted by molar-refractivity contribution is 5.86. The highest BCUT2D eigenvalue weighted by Crippen LogP contribution is 2.43. The van der Waals surface area contributed by atoms with Crippen LogP contribution in [0.2, 0.25) is 0 Å². The number of esters is 1. The average Bonchev–Trinajstić information content (AvgIpc) is 2.82. The van der Waals surface area contributed by atoms with Gasteiger partial charge in [-0.1, -0.05) is 27.7 Å². The first-order valence-electron chi connectivity index (χ1n) is 14.4. The van der Waals surface area contributed by atoms with Gasteiger partial charge in [-0.05, 0) is 84.3 Å². The molecule has 39 heavy (non-hydrogen) atoms. The summed E-state index contributed by atoms with van der Waals surface area (Å²) in [5.74, 6) is 0.926. The van der Waals surface area contributed by atoms with Crippen molar-refractivity contribution in [2.75, 3.05) is 24.6 Å². The lowest BCUT2D eigenvalue weighted by Gasteiger charge is -2.41. The van der Waals surface area contributed by atoms with Crippen LogP contribution in [0.1, 0.15) is 98.9 Å². The fourth-order valence-corrected chi connectivity index (χ4v) is 4.70. The Balaban J connectivity index is 2.13. The lowest BCUT2D eigenvalue weighted by atomic mass is 9.82. The first kappa shape index (κ1) is 30.9. The SMILES string of the molecule is Cc1ncc(-c2ccc(OCCC(C)C)cn2)c(N2CCC(C)(C)CC2)c1C(OC(C)(C)C)C(=O)OC(C)C. The van der Waals surface area contributed by atoms with E-state index in [0.717, 1.165) is 66.3 Å². The number of piperidine rings is 1. The van der Waals surface area contributed by atoms with Gasteiger partial charge in [0.05, 0.1) is 35.9 Å². The molecule has 216 valence electrons. The van der Waals surface area contributed by atoms with Gasteiger partial charge < -0.3 is 19.1 Å². The zero-order valence-electron chi connectivity index (χ0n) is 25.8. The van der Waals surface area contributed by atoms with Crippen LogP contribution in [-0.2, 0) is 14.3 Å². The summed E-state index contributed by atoms with van der Waals surface area (Å²) >= 11 is 0. The summed E-state index contributed by atoms with van der Waals surface area (Å²) in [4.78, 5) is 25.5. The second-order valence-electron chi connectivity index (χ2n) is 13.2. The Morgan fingerprint density at radius 1 is 1.05 bits per heavy atom. The number of ether oxygens (including phenoxy) is 3. The maximum absolute atomic E-state index is 13.5. The van der Waals surface area contributed by atoms with Crippen LogP contribution in [0.4, 0.5) is 5.69 Å². The molecule has 1 saturated heterocycles. The maximum Gasteiger partial charge on any atom is 0.340 e. The summed E-state index contributed by atoms with van der Waals surface area (Å²) in [5, 5.41) is 0. The van der Waals surface area contributed by atoms with E-state index >= 15 is 0 Å². The quantitative estimate of drug-likeness (QED) is 0.293. The van der Waals surface area contributed by atoms with Crippen LogP contribution in [0.15, 0.2) is 24.5 Å². The summed E-state index contributed by atoms with van der Waals surface area (Å²) < 4.78 is 18.1. The number of hydrogen-bond donors (Lipinski definition) is 0. The summed E-state index contributed by atoms with van der Waals surface area (Å²) in [7, 11) is 0. The molecule has 2 aromatic rings. The molecule has 0 amide bonds. The van der Waals surface area contributed by atoms with Gasteiger partial charge >= 0.3 is 5.97 Å². The molecule has 7 heteroatoms. The Bertz CT molecular complexity index is 1090. The first-order chi connectivity index (χ1) is 18.2. The van der Waals surface area contributed by atoms with E-state index in [0.29, 0.717) is 12.5 Å². The van der Waals surface area contributed by atoms with Gasteiger partial charge in [0.25, 0.3) is 0 Å². The van der Waals surface area contributed by atoms with E-state index in [1.807, 2.05) is 59.9 Å². The van der Waals surface area contributed by atoms with Gasteiger partial charge in [0.2, 0.25) is 0 Å². The first-order valence-corrected chi connectivity index (χ1v) is 14.4. The number of carbonyl (C=O) groups is 1. The van der Waals surface area contributed by atoms with Gasteiger partial charge in [-0.2, -0.15) is 0 Å². The summed E-state index contributed by atoms with van der Waals surface area (Å²) in [6.07, 6.45) is 5.55. The average molecular weight is 540 g/mol. The number of carbonyl (C=O) groups excluding carboxylic acids is 1. The molecule has 0 spiro atoms. The van der Waals surface area contributed by atoms with E-state index in [4.69, 9.17) is 24.2 Å². The molecule has 2 aromatic heterocycles. The minimum Gasteiger partial charge on any atom is -0.492 e. The monoisotopic (exact) mass is 539 g/mol. The van der Waals surface area contributed by atoms with Gasteiger partial charge in [0, 0.05) is 36.1 Å². The van der Waals surface area contributed by atoms with Crippen molar-refractivity contribution < 1.29 is 19.0 Å². The van der Waals surface area contributed by atoms with Crippen molar-refractivity contribution in [3.05, 3.63) is 35.8 Å². The second kappa shape index (κ2) is 12.7. The molecule has 0 saturated carbocycles. The Morgan fingerprint density at radius 2 is 1.72 bits per heavy atom. The van der Waals surface area contributed by atoms with Crippen LogP contribution in [0.3, 0.4) is 0 Å². The number of nitrogens with zero attached hydrogens (tertiary/aromatic N) is 3. The largest absolute Gasteiger partial charge is 0.492 e. The Kier molecular flexibility index (Phi) is 10.0. The third kappa shape index (κ3) is 8.66. The van der Waals surface area contributed by atoms with Gasteiger partial charge in [0.15, 0.2) is 6.10 Å².